The molecule has 4 amide bonds. The summed E-state index contributed by atoms with van der Waals surface area (Å²) in [4.78, 5) is 51.6. The number of anilines is 1. The molecule has 9 nitrogen and oxygen atoms in total. The SMILES string of the molecule is COc1ccc(Cl)cc1NC(=O)C(C)OC(=O)CN1C(=O)NC2(CC(C)CC(C)(C)C2)C1=O. The van der Waals surface area contributed by atoms with Crippen molar-refractivity contribution in [3.63, 3.8) is 0 Å². The van der Waals surface area contributed by atoms with Crippen molar-refractivity contribution in [2.75, 3.05) is 19.0 Å². The molecule has 1 spiro atoms. The molecule has 1 aliphatic carbocycles. The Hall–Kier alpha value is -2.81. The first-order valence-electron chi connectivity index (χ1n) is 10.8. The molecule has 0 aromatic heterocycles. The highest BCUT2D eigenvalue weighted by Crippen LogP contribution is 2.46. The number of esters is 1. The molecule has 1 aromatic carbocycles. The van der Waals surface area contributed by atoms with Crippen LogP contribution < -0.4 is 15.4 Å². The van der Waals surface area contributed by atoms with Crippen LogP contribution >= 0.6 is 11.6 Å². The highest BCUT2D eigenvalue weighted by molar-refractivity contribution is 6.31. The molecule has 3 rings (SSSR count). The Kier molecular flexibility index (Phi) is 6.93. The van der Waals surface area contributed by atoms with Crippen LogP contribution in [0.3, 0.4) is 0 Å². The number of nitrogens with zero attached hydrogens (tertiary/aromatic N) is 1. The van der Waals surface area contributed by atoms with Crippen LogP contribution in [-0.2, 0) is 19.1 Å². The van der Waals surface area contributed by atoms with Gasteiger partial charge in [0.15, 0.2) is 6.10 Å². The largest absolute Gasteiger partial charge is 0.495 e. The number of amides is 4. The molecular weight excluding hydrogens is 450 g/mol. The van der Waals surface area contributed by atoms with Gasteiger partial charge in [-0.1, -0.05) is 32.4 Å². The minimum atomic E-state index is -1.18. The smallest absolute Gasteiger partial charge is 0.327 e. The molecule has 180 valence electrons. The van der Waals surface area contributed by atoms with E-state index in [4.69, 9.17) is 21.1 Å². The third-order valence-corrected chi connectivity index (χ3v) is 6.24. The van der Waals surface area contributed by atoms with Crippen LogP contribution in [-0.4, -0.2) is 54.0 Å². The Morgan fingerprint density at radius 1 is 1.30 bits per heavy atom. The molecule has 1 aliphatic heterocycles. The van der Waals surface area contributed by atoms with Gasteiger partial charge in [0.1, 0.15) is 17.8 Å². The van der Waals surface area contributed by atoms with Gasteiger partial charge < -0.3 is 20.1 Å². The van der Waals surface area contributed by atoms with E-state index in [0.717, 1.165) is 11.3 Å². The van der Waals surface area contributed by atoms with E-state index < -0.39 is 42.0 Å². The lowest BCUT2D eigenvalue weighted by Crippen LogP contribution is -2.54. The van der Waals surface area contributed by atoms with Gasteiger partial charge in [0.2, 0.25) is 0 Å². The van der Waals surface area contributed by atoms with Crippen LogP contribution in [0.15, 0.2) is 18.2 Å². The zero-order valence-corrected chi connectivity index (χ0v) is 20.2. The van der Waals surface area contributed by atoms with Crippen LogP contribution in [0.5, 0.6) is 5.75 Å². The van der Waals surface area contributed by atoms with Crippen molar-refractivity contribution >= 4 is 41.1 Å². The molecule has 2 aliphatic rings. The Bertz CT molecular complexity index is 981. The Morgan fingerprint density at radius 3 is 2.64 bits per heavy atom. The zero-order valence-electron chi connectivity index (χ0n) is 19.5. The molecule has 1 aromatic rings. The normalized spacial score (nSPS) is 24.9. The third-order valence-electron chi connectivity index (χ3n) is 6.01. The lowest BCUT2D eigenvalue weighted by molar-refractivity contribution is -0.155. The maximum Gasteiger partial charge on any atom is 0.327 e. The fourth-order valence-corrected chi connectivity index (χ4v) is 5.25. The number of carbonyl (C=O) groups is 4. The number of carbonyl (C=O) groups excluding carboxylic acids is 4. The standard InChI is InChI=1S/C23H30ClN3O6/c1-13-9-22(3,4)12-23(10-13)20(30)27(21(31)26-23)11-18(28)33-14(2)19(29)25-16-8-15(24)6-7-17(16)32-5/h6-8,13-14H,9-12H2,1-5H3,(H,25,29)(H,26,31). The van der Waals surface area contributed by atoms with E-state index in [0.29, 0.717) is 29.3 Å². The second-order valence-electron chi connectivity index (χ2n) is 9.72. The summed E-state index contributed by atoms with van der Waals surface area (Å²) in [5, 5.41) is 5.80. The molecule has 3 unspecified atom stereocenters. The van der Waals surface area contributed by atoms with Crippen molar-refractivity contribution in [1.29, 1.82) is 0 Å². The molecule has 2 fully saturated rings. The number of halogens is 1. The maximum atomic E-state index is 13.2. The van der Waals surface area contributed by atoms with Gasteiger partial charge >= 0.3 is 12.0 Å². The van der Waals surface area contributed by atoms with Crippen molar-refractivity contribution < 1.29 is 28.7 Å². The van der Waals surface area contributed by atoms with Crippen molar-refractivity contribution in [3.8, 4) is 5.75 Å². The van der Waals surface area contributed by atoms with Crippen LogP contribution in [0.4, 0.5) is 10.5 Å². The summed E-state index contributed by atoms with van der Waals surface area (Å²) in [6.45, 7) is 7.00. The molecule has 2 N–H and O–H groups in total. The summed E-state index contributed by atoms with van der Waals surface area (Å²) in [5.41, 5.74) is -0.807. The van der Waals surface area contributed by atoms with E-state index in [2.05, 4.69) is 24.5 Å². The number of hydrogen-bond donors (Lipinski definition) is 2. The van der Waals surface area contributed by atoms with Gasteiger partial charge in [-0.25, -0.2) is 4.79 Å². The number of imide groups is 1. The summed E-state index contributed by atoms with van der Waals surface area (Å²) in [6, 6.07) is 4.09. The summed E-state index contributed by atoms with van der Waals surface area (Å²) in [7, 11) is 1.45. The van der Waals surface area contributed by atoms with Crippen LogP contribution in [0.1, 0.15) is 47.0 Å². The molecular formula is C23H30ClN3O6. The number of urea groups is 1. The average Bonchev–Trinajstić information content (AvgIpc) is 2.89. The lowest BCUT2D eigenvalue weighted by Gasteiger charge is -2.43. The van der Waals surface area contributed by atoms with Gasteiger partial charge in [0.25, 0.3) is 11.8 Å². The third kappa shape index (κ3) is 5.40. The second kappa shape index (κ2) is 9.21. The Morgan fingerprint density at radius 2 is 2.00 bits per heavy atom. The topological polar surface area (TPSA) is 114 Å². The summed E-state index contributed by atoms with van der Waals surface area (Å²) in [5.74, 6) is -1.26. The second-order valence-corrected chi connectivity index (χ2v) is 10.2. The van der Waals surface area contributed by atoms with E-state index in [9.17, 15) is 19.2 Å². The van der Waals surface area contributed by atoms with E-state index >= 15 is 0 Å². The summed E-state index contributed by atoms with van der Waals surface area (Å²) in [6.07, 6.45) is 0.793. The number of ether oxygens (including phenoxy) is 2. The van der Waals surface area contributed by atoms with Gasteiger partial charge in [0, 0.05) is 5.02 Å². The average molecular weight is 480 g/mol. The van der Waals surface area contributed by atoms with Gasteiger partial charge in [-0.2, -0.15) is 0 Å². The fourth-order valence-electron chi connectivity index (χ4n) is 5.08. The zero-order chi connectivity index (χ0) is 24.6. The summed E-state index contributed by atoms with van der Waals surface area (Å²) >= 11 is 5.96. The van der Waals surface area contributed by atoms with Gasteiger partial charge in [0.05, 0.1) is 12.8 Å². The first kappa shape index (κ1) is 24.8. The Balaban J connectivity index is 1.62. The predicted octanol–water partition coefficient (Wildman–Crippen LogP) is 3.36. The van der Waals surface area contributed by atoms with Crippen molar-refractivity contribution in [1.82, 2.24) is 10.2 Å². The number of rotatable bonds is 6. The minimum Gasteiger partial charge on any atom is -0.495 e. The number of nitrogens with one attached hydrogen (secondary N) is 2. The van der Waals surface area contributed by atoms with Crippen molar-refractivity contribution in [2.24, 2.45) is 11.3 Å². The molecule has 0 bridgehead atoms. The molecule has 10 heteroatoms. The quantitative estimate of drug-likeness (QED) is 0.477. The van der Waals surface area contributed by atoms with Crippen LogP contribution in [0.2, 0.25) is 5.02 Å². The maximum absolute atomic E-state index is 13.2. The Labute approximate surface area is 198 Å². The molecule has 33 heavy (non-hydrogen) atoms. The highest BCUT2D eigenvalue weighted by atomic mass is 35.5. The van der Waals surface area contributed by atoms with Gasteiger partial charge in [-0.3, -0.25) is 19.3 Å². The first-order valence-corrected chi connectivity index (χ1v) is 11.2. The van der Waals surface area contributed by atoms with E-state index in [1.165, 1.54) is 20.1 Å². The van der Waals surface area contributed by atoms with E-state index in [-0.39, 0.29) is 11.3 Å². The van der Waals surface area contributed by atoms with Crippen molar-refractivity contribution in [3.05, 3.63) is 23.2 Å². The number of benzene rings is 1. The summed E-state index contributed by atoms with van der Waals surface area (Å²) < 4.78 is 10.4. The fraction of sp³-hybridized carbons (Fsp3) is 0.565. The molecule has 1 saturated carbocycles. The van der Waals surface area contributed by atoms with Crippen LogP contribution in [0, 0.1) is 11.3 Å². The minimum absolute atomic E-state index is 0.120. The van der Waals surface area contributed by atoms with Gasteiger partial charge in [-0.15, -0.1) is 0 Å². The van der Waals surface area contributed by atoms with Crippen LogP contribution in [0.25, 0.3) is 0 Å². The number of methoxy groups -OCH3 is 1. The highest BCUT2D eigenvalue weighted by Gasteiger charge is 2.56. The molecule has 0 radical (unpaired) electrons. The van der Waals surface area contributed by atoms with E-state index in [1.807, 2.05) is 6.92 Å². The van der Waals surface area contributed by atoms with Crippen molar-refractivity contribution in [2.45, 2.75) is 58.6 Å². The lowest BCUT2D eigenvalue weighted by atomic mass is 9.64. The van der Waals surface area contributed by atoms with E-state index in [1.54, 1.807) is 12.1 Å². The molecule has 3 atom stereocenters. The predicted molar refractivity (Wildman–Crippen MR) is 122 cm³/mol. The number of hydrogen-bond acceptors (Lipinski definition) is 6. The molecule has 1 heterocycles. The molecule has 1 saturated heterocycles. The van der Waals surface area contributed by atoms with Gasteiger partial charge in [-0.05, 0) is 55.7 Å². The first-order chi connectivity index (χ1) is 15.4. The monoisotopic (exact) mass is 479 g/mol.